The number of aliphatic hydroxyl groups excluding tert-OH is 1. The molecule has 0 atom stereocenters. The van der Waals surface area contributed by atoms with Crippen molar-refractivity contribution in [3.63, 3.8) is 0 Å². The van der Waals surface area contributed by atoms with Crippen molar-refractivity contribution in [3.05, 3.63) is 58.6 Å². The van der Waals surface area contributed by atoms with Gasteiger partial charge in [-0.25, -0.2) is 0 Å². The molecule has 0 bridgehead atoms. The average Bonchev–Trinajstić information content (AvgIpc) is 2.46. The maximum absolute atomic E-state index is 9.03. The lowest BCUT2D eigenvalue weighted by atomic mass is 10.2. The molecular formula is C15H15BrO2S. The fourth-order valence-corrected chi connectivity index (χ4v) is 2.88. The van der Waals surface area contributed by atoms with E-state index in [1.54, 1.807) is 11.8 Å². The molecule has 4 heteroatoms. The van der Waals surface area contributed by atoms with Crippen molar-refractivity contribution in [2.75, 3.05) is 12.4 Å². The van der Waals surface area contributed by atoms with Crippen LogP contribution < -0.4 is 4.74 Å². The third kappa shape index (κ3) is 4.56. The summed E-state index contributed by atoms with van der Waals surface area (Å²) in [5, 5.41) is 9.03. The molecule has 0 heterocycles. The first-order valence-electron chi connectivity index (χ1n) is 5.99. The van der Waals surface area contributed by atoms with Crippen LogP contribution in [0.15, 0.2) is 57.9 Å². The van der Waals surface area contributed by atoms with Gasteiger partial charge in [-0.05, 0) is 45.8 Å². The fourth-order valence-electron chi connectivity index (χ4n) is 1.59. The Balaban J connectivity index is 1.80. The van der Waals surface area contributed by atoms with E-state index in [1.807, 2.05) is 36.4 Å². The van der Waals surface area contributed by atoms with Gasteiger partial charge >= 0.3 is 0 Å². The molecule has 0 saturated heterocycles. The quantitative estimate of drug-likeness (QED) is 0.634. The number of aliphatic hydroxyl groups is 1. The van der Waals surface area contributed by atoms with Crippen LogP contribution in [0, 0.1) is 0 Å². The average molecular weight is 339 g/mol. The standard InChI is InChI=1S/C15H15BrO2S/c16-14-10-12(11-17)6-7-15(14)18-8-9-19-13-4-2-1-3-5-13/h1-7,10,17H,8-9,11H2. The van der Waals surface area contributed by atoms with Gasteiger partial charge in [-0.1, -0.05) is 24.3 Å². The molecule has 0 unspecified atom stereocenters. The molecule has 0 spiro atoms. The van der Waals surface area contributed by atoms with Crippen molar-refractivity contribution < 1.29 is 9.84 Å². The highest BCUT2D eigenvalue weighted by Crippen LogP contribution is 2.26. The first-order valence-corrected chi connectivity index (χ1v) is 7.77. The Morgan fingerprint density at radius 3 is 2.58 bits per heavy atom. The van der Waals surface area contributed by atoms with Crippen LogP contribution in [0.3, 0.4) is 0 Å². The summed E-state index contributed by atoms with van der Waals surface area (Å²) in [6.45, 7) is 0.694. The molecular weight excluding hydrogens is 324 g/mol. The van der Waals surface area contributed by atoms with Crippen molar-refractivity contribution in [1.82, 2.24) is 0 Å². The first kappa shape index (κ1) is 14.4. The Bertz CT molecular complexity index is 517. The van der Waals surface area contributed by atoms with E-state index in [1.165, 1.54) is 4.90 Å². The van der Waals surface area contributed by atoms with Crippen LogP contribution in [0.1, 0.15) is 5.56 Å². The summed E-state index contributed by atoms with van der Waals surface area (Å²) < 4.78 is 6.59. The molecule has 0 radical (unpaired) electrons. The SMILES string of the molecule is OCc1ccc(OCCSc2ccccc2)c(Br)c1. The second kappa shape index (κ2) is 7.58. The molecule has 0 amide bonds. The van der Waals surface area contributed by atoms with Crippen LogP contribution in [-0.2, 0) is 6.61 Å². The topological polar surface area (TPSA) is 29.5 Å². The molecule has 2 aromatic rings. The number of halogens is 1. The van der Waals surface area contributed by atoms with Gasteiger partial charge in [0.15, 0.2) is 0 Å². The smallest absolute Gasteiger partial charge is 0.133 e. The highest BCUT2D eigenvalue weighted by Gasteiger charge is 2.02. The molecule has 0 aliphatic heterocycles. The Hall–Kier alpha value is -0.970. The molecule has 1 N–H and O–H groups in total. The van der Waals surface area contributed by atoms with Gasteiger partial charge in [-0.2, -0.15) is 0 Å². The summed E-state index contributed by atoms with van der Waals surface area (Å²) in [4.78, 5) is 1.25. The molecule has 100 valence electrons. The summed E-state index contributed by atoms with van der Waals surface area (Å²) in [5.74, 6) is 1.71. The first-order chi connectivity index (χ1) is 9.29. The number of rotatable bonds is 6. The van der Waals surface area contributed by atoms with Gasteiger partial charge in [0.25, 0.3) is 0 Å². The number of thioether (sulfide) groups is 1. The van der Waals surface area contributed by atoms with Gasteiger partial charge < -0.3 is 9.84 Å². The predicted octanol–water partition coefficient (Wildman–Crippen LogP) is 4.11. The number of hydrogen-bond acceptors (Lipinski definition) is 3. The van der Waals surface area contributed by atoms with Gasteiger partial charge in [0.1, 0.15) is 5.75 Å². The van der Waals surface area contributed by atoms with Gasteiger partial charge in [-0.15, -0.1) is 11.8 Å². The number of hydrogen-bond donors (Lipinski definition) is 1. The van der Waals surface area contributed by atoms with E-state index in [-0.39, 0.29) is 6.61 Å². The maximum Gasteiger partial charge on any atom is 0.133 e. The lowest BCUT2D eigenvalue weighted by Gasteiger charge is -2.09. The van der Waals surface area contributed by atoms with E-state index in [0.29, 0.717) is 6.61 Å². The molecule has 0 aromatic heterocycles. The summed E-state index contributed by atoms with van der Waals surface area (Å²) in [5.41, 5.74) is 0.873. The third-order valence-corrected chi connectivity index (χ3v) is 4.13. The normalized spacial score (nSPS) is 10.4. The Morgan fingerprint density at radius 1 is 1.11 bits per heavy atom. The van der Waals surface area contributed by atoms with Crippen LogP contribution >= 0.6 is 27.7 Å². The second-order valence-electron chi connectivity index (χ2n) is 3.93. The van der Waals surface area contributed by atoms with Crippen LogP contribution in [0.2, 0.25) is 0 Å². The van der Waals surface area contributed by atoms with E-state index in [0.717, 1.165) is 21.5 Å². The largest absolute Gasteiger partial charge is 0.492 e. The molecule has 19 heavy (non-hydrogen) atoms. The van der Waals surface area contributed by atoms with Crippen molar-refractivity contribution >= 4 is 27.7 Å². The van der Waals surface area contributed by atoms with E-state index in [4.69, 9.17) is 9.84 Å². The van der Waals surface area contributed by atoms with Crippen molar-refractivity contribution in [3.8, 4) is 5.75 Å². The highest BCUT2D eigenvalue weighted by molar-refractivity contribution is 9.10. The molecule has 2 rings (SSSR count). The van der Waals surface area contributed by atoms with Crippen LogP contribution in [0.5, 0.6) is 5.75 Å². The van der Waals surface area contributed by atoms with E-state index < -0.39 is 0 Å². The zero-order valence-electron chi connectivity index (χ0n) is 10.4. The number of benzene rings is 2. The second-order valence-corrected chi connectivity index (χ2v) is 5.96. The van der Waals surface area contributed by atoms with Crippen LogP contribution in [0.25, 0.3) is 0 Å². The van der Waals surface area contributed by atoms with Crippen molar-refractivity contribution in [2.45, 2.75) is 11.5 Å². The highest BCUT2D eigenvalue weighted by atomic mass is 79.9. The van der Waals surface area contributed by atoms with Gasteiger partial charge in [-0.3, -0.25) is 0 Å². The summed E-state index contributed by atoms with van der Waals surface area (Å²) in [6.07, 6.45) is 0. The zero-order valence-corrected chi connectivity index (χ0v) is 12.8. The Kier molecular flexibility index (Phi) is 5.76. The Labute approximate surface area is 125 Å². The third-order valence-electron chi connectivity index (χ3n) is 2.53. The molecule has 0 fully saturated rings. The van der Waals surface area contributed by atoms with Crippen LogP contribution in [0.4, 0.5) is 0 Å². The molecule has 2 aromatic carbocycles. The zero-order chi connectivity index (χ0) is 13.5. The molecule has 0 aliphatic carbocycles. The van der Waals surface area contributed by atoms with Gasteiger partial charge in [0.2, 0.25) is 0 Å². The minimum atomic E-state index is 0.0444. The maximum atomic E-state index is 9.03. The van der Waals surface area contributed by atoms with Crippen LogP contribution in [-0.4, -0.2) is 17.5 Å². The predicted molar refractivity (Wildman–Crippen MR) is 82.7 cm³/mol. The monoisotopic (exact) mass is 338 g/mol. The summed E-state index contributed by atoms with van der Waals surface area (Å²) in [7, 11) is 0. The summed E-state index contributed by atoms with van der Waals surface area (Å²) >= 11 is 5.21. The van der Waals surface area contributed by atoms with E-state index >= 15 is 0 Å². The molecule has 0 saturated carbocycles. The fraction of sp³-hybridized carbons (Fsp3) is 0.200. The lowest BCUT2D eigenvalue weighted by molar-refractivity contribution is 0.281. The lowest BCUT2D eigenvalue weighted by Crippen LogP contribution is -2.01. The van der Waals surface area contributed by atoms with E-state index in [2.05, 4.69) is 28.1 Å². The van der Waals surface area contributed by atoms with Crippen molar-refractivity contribution in [1.29, 1.82) is 0 Å². The minimum absolute atomic E-state index is 0.0444. The minimum Gasteiger partial charge on any atom is -0.492 e. The number of ether oxygens (including phenoxy) is 1. The van der Waals surface area contributed by atoms with E-state index in [9.17, 15) is 0 Å². The molecule has 2 nitrogen and oxygen atoms in total. The van der Waals surface area contributed by atoms with Gasteiger partial charge in [0.05, 0.1) is 17.7 Å². The molecule has 0 aliphatic rings. The summed E-state index contributed by atoms with van der Waals surface area (Å²) in [6, 6.07) is 15.9. The Morgan fingerprint density at radius 2 is 1.89 bits per heavy atom. The van der Waals surface area contributed by atoms with Gasteiger partial charge in [0, 0.05) is 10.6 Å². The van der Waals surface area contributed by atoms with Crippen molar-refractivity contribution in [2.24, 2.45) is 0 Å².